The van der Waals surface area contributed by atoms with Crippen LogP contribution in [0.25, 0.3) is 0 Å². The Morgan fingerprint density at radius 2 is 1.72 bits per heavy atom. The maximum Gasteiger partial charge on any atom is 0.256 e. The lowest BCUT2D eigenvalue weighted by molar-refractivity contribution is -0.114. The van der Waals surface area contributed by atoms with Crippen molar-refractivity contribution in [1.82, 2.24) is 0 Å². The molecule has 1 aromatic heterocycles. The summed E-state index contributed by atoms with van der Waals surface area (Å²) < 4.78 is 0. The summed E-state index contributed by atoms with van der Waals surface area (Å²) in [7, 11) is 0. The summed E-state index contributed by atoms with van der Waals surface area (Å²) in [5.41, 5.74) is 8.03. The highest BCUT2D eigenvalue weighted by Crippen LogP contribution is 2.38. The minimum absolute atomic E-state index is 0.174. The Morgan fingerprint density at radius 3 is 2.36 bits per heavy atom. The molecule has 0 bridgehead atoms. The Bertz CT molecular complexity index is 840. The molecule has 7 heteroatoms. The number of hydrogen-bond donors (Lipinski definition) is 3. The minimum atomic E-state index is -0.504. The van der Waals surface area contributed by atoms with E-state index in [4.69, 9.17) is 5.73 Å². The van der Waals surface area contributed by atoms with Crippen LogP contribution in [0.2, 0.25) is 0 Å². The average molecular weight is 357 g/mol. The Labute approximate surface area is 149 Å². The Balaban J connectivity index is 1.82. The molecule has 2 aromatic rings. The first-order valence-corrected chi connectivity index (χ1v) is 8.90. The van der Waals surface area contributed by atoms with Gasteiger partial charge in [0.05, 0.1) is 5.56 Å². The van der Waals surface area contributed by atoms with E-state index in [1.807, 2.05) is 0 Å². The topological polar surface area (TPSA) is 101 Å². The van der Waals surface area contributed by atoms with Gasteiger partial charge < -0.3 is 16.4 Å². The summed E-state index contributed by atoms with van der Waals surface area (Å²) in [5.74, 6) is -0.987. The van der Waals surface area contributed by atoms with Crippen molar-refractivity contribution in [2.75, 3.05) is 10.6 Å². The van der Waals surface area contributed by atoms with E-state index < -0.39 is 5.91 Å². The molecule has 4 N–H and O–H groups in total. The molecule has 0 radical (unpaired) electrons. The number of hydrogen-bond acceptors (Lipinski definition) is 4. The molecule has 25 heavy (non-hydrogen) atoms. The molecule has 130 valence electrons. The van der Waals surface area contributed by atoms with Gasteiger partial charge in [-0.2, -0.15) is 0 Å². The monoisotopic (exact) mass is 357 g/mol. The van der Waals surface area contributed by atoms with Gasteiger partial charge in [0.15, 0.2) is 0 Å². The molecule has 1 aromatic carbocycles. The third-order valence-electron chi connectivity index (χ3n) is 4.11. The van der Waals surface area contributed by atoms with Gasteiger partial charge in [-0.1, -0.05) is 0 Å². The smallest absolute Gasteiger partial charge is 0.256 e. The Morgan fingerprint density at radius 1 is 1.04 bits per heavy atom. The maximum absolute atomic E-state index is 12.5. The first-order valence-electron chi connectivity index (χ1n) is 8.09. The fraction of sp³-hybridized carbons (Fsp3) is 0.278. The standard InChI is InChI=1S/C18H19N3O3S/c1-10(22)20-12-8-6-11(7-9-12)17(24)21-18-15(16(19)23)13-4-2-3-5-14(13)25-18/h6-9H,2-5H2,1H3,(H2,19,23)(H,20,22)(H,21,24). The number of anilines is 2. The van der Waals surface area contributed by atoms with Gasteiger partial charge in [-0.15, -0.1) is 11.3 Å². The molecule has 0 saturated carbocycles. The van der Waals surface area contributed by atoms with Crippen molar-refractivity contribution < 1.29 is 14.4 Å². The average Bonchev–Trinajstić information content (AvgIpc) is 2.92. The van der Waals surface area contributed by atoms with Crippen molar-refractivity contribution in [2.45, 2.75) is 32.6 Å². The van der Waals surface area contributed by atoms with Gasteiger partial charge in [0.1, 0.15) is 5.00 Å². The molecule has 1 aliphatic carbocycles. The quantitative estimate of drug-likeness (QED) is 0.784. The normalized spacial score (nSPS) is 13.0. The lowest BCUT2D eigenvalue weighted by Gasteiger charge is -2.11. The molecular formula is C18H19N3O3S. The Kier molecular flexibility index (Phi) is 4.85. The van der Waals surface area contributed by atoms with Crippen molar-refractivity contribution >= 4 is 39.7 Å². The van der Waals surface area contributed by atoms with Crippen LogP contribution in [0.1, 0.15) is 50.9 Å². The molecule has 0 unspecified atom stereocenters. The zero-order chi connectivity index (χ0) is 18.0. The number of aryl methyl sites for hydroxylation is 1. The van der Waals surface area contributed by atoms with Gasteiger partial charge in [0.2, 0.25) is 5.91 Å². The highest BCUT2D eigenvalue weighted by atomic mass is 32.1. The van der Waals surface area contributed by atoms with E-state index in [0.717, 1.165) is 36.1 Å². The summed E-state index contributed by atoms with van der Waals surface area (Å²) in [6.45, 7) is 1.42. The van der Waals surface area contributed by atoms with Gasteiger partial charge in [-0.3, -0.25) is 14.4 Å². The van der Waals surface area contributed by atoms with Crippen LogP contribution >= 0.6 is 11.3 Å². The molecule has 0 fully saturated rings. The van der Waals surface area contributed by atoms with Crippen LogP contribution in [0, 0.1) is 0 Å². The van der Waals surface area contributed by atoms with Crippen molar-refractivity contribution in [3.8, 4) is 0 Å². The number of rotatable bonds is 4. The maximum atomic E-state index is 12.5. The lowest BCUT2D eigenvalue weighted by atomic mass is 9.95. The number of fused-ring (bicyclic) bond motifs is 1. The second-order valence-electron chi connectivity index (χ2n) is 5.99. The zero-order valence-corrected chi connectivity index (χ0v) is 14.7. The third-order valence-corrected chi connectivity index (χ3v) is 5.32. The van der Waals surface area contributed by atoms with E-state index >= 15 is 0 Å². The lowest BCUT2D eigenvalue weighted by Crippen LogP contribution is -2.18. The first-order chi connectivity index (χ1) is 12.0. The molecule has 0 saturated heterocycles. The predicted octanol–water partition coefficient (Wildman–Crippen LogP) is 2.94. The fourth-order valence-corrected chi connectivity index (χ4v) is 4.29. The molecule has 3 rings (SSSR count). The zero-order valence-electron chi connectivity index (χ0n) is 13.8. The van der Waals surface area contributed by atoms with E-state index in [1.165, 1.54) is 18.3 Å². The van der Waals surface area contributed by atoms with E-state index in [0.29, 0.717) is 21.8 Å². The van der Waals surface area contributed by atoms with Crippen molar-refractivity contribution in [3.05, 3.63) is 45.8 Å². The number of thiophene rings is 1. The van der Waals surface area contributed by atoms with Crippen LogP contribution < -0.4 is 16.4 Å². The fourth-order valence-electron chi connectivity index (χ4n) is 3.00. The summed E-state index contributed by atoms with van der Waals surface area (Å²) in [6.07, 6.45) is 3.86. The second-order valence-corrected chi connectivity index (χ2v) is 7.10. The van der Waals surface area contributed by atoms with Crippen LogP contribution in [0.15, 0.2) is 24.3 Å². The van der Waals surface area contributed by atoms with Crippen molar-refractivity contribution in [1.29, 1.82) is 0 Å². The number of benzene rings is 1. The summed E-state index contributed by atoms with van der Waals surface area (Å²) >= 11 is 1.44. The number of carbonyl (C=O) groups excluding carboxylic acids is 3. The highest BCUT2D eigenvalue weighted by molar-refractivity contribution is 7.17. The second kappa shape index (κ2) is 7.06. The minimum Gasteiger partial charge on any atom is -0.365 e. The molecular weight excluding hydrogens is 338 g/mol. The summed E-state index contributed by atoms with van der Waals surface area (Å²) in [5, 5.41) is 5.99. The summed E-state index contributed by atoms with van der Waals surface area (Å²) in [6, 6.07) is 6.56. The number of nitrogens with two attached hydrogens (primary N) is 1. The van der Waals surface area contributed by atoms with Crippen molar-refractivity contribution in [3.63, 3.8) is 0 Å². The van der Waals surface area contributed by atoms with E-state index in [-0.39, 0.29) is 11.8 Å². The Hall–Kier alpha value is -2.67. The van der Waals surface area contributed by atoms with Crippen LogP contribution in [0.5, 0.6) is 0 Å². The van der Waals surface area contributed by atoms with Gasteiger partial charge in [0.25, 0.3) is 11.8 Å². The molecule has 0 atom stereocenters. The SMILES string of the molecule is CC(=O)Nc1ccc(C(=O)Nc2sc3c(c2C(N)=O)CCCC3)cc1. The third kappa shape index (κ3) is 3.71. The molecule has 3 amide bonds. The van der Waals surface area contributed by atoms with Gasteiger partial charge in [-0.25, -0.2) is 0 Å². The molecule has 6 nitrogen and oxygen atoms in total. The predicted molar refractivity (Wildman–Crippen MR) is 98.2 cm³/mol. The number of carbonyl (C=O) groups is 3. The first kappa shape index (κ1) is 17.2. The number of nitrogens with one attached hydrogen (secondary N) is 2. The molecule has 1 heterocycles. The molecule has 0 aliphatic heterocycles. The summed E-state index contributed by atoms with van der Waals surface area (Å²) in [4.78, 5) is 36.5. The van der Waals surface area contributed by atoms with Crippen LogP contribution in [0.4, 0.5) is 10.7 Å². The van der Waals surface area contributed by atoms with Gasteiger partial charge in [-0.05, 0) is 55.5 Å². The van der Waals surface area contributed by atoms with E-state index in [1.54, 1.807) is 24.3 Å². The largest absolute Gasteiger partial charge is 0.365 e. The van der Waals surface area contributed by atoms with E-state index in [2.05, 4.69) is 10.6 Å². The van der Waals surface area contributed by atoms with Gasteiger partial charge in [0, 0.05) is 23.1 Å². The van der Waals surface area contributed by atoms with Gasteiger partial charge >= 0.3 is 0 Å². The van der Waals surface area contributed by atoms with Crippen molar-refractivity contribution in [2.24, 2.45) is 5.73 Å². The van der Waals surface area contributed by atoms with E-state index in [9.17, 15) is 14.4 Å². The molecule has 1 aliphatic rings. The van der Waals surface area contributed by atoms with Crippen LogP contribution in [-0.4, -0.2) is 17.7 Å². The van der Waals surface area contributed by atoms with Crippen LogP contribution in [-0.2, 0) is 17.6 Å². The highest BCUT2D eigenvalue weighted by Gasteiger charge is 2.25. The van der Waals surface area contributed by atoms with Crippen LogP contribution in [0.3, 0.4) is 0 Å². The molecule has 0 spiro atoms. The number of primary amides is 1. The number of amides is 3.